The van der Waals surface area contributed by atoms with Crippen LogP contribution in [0.15, 0.2) is 54.0 Å². The van der Waals surface area contributed by atoms with Gasteiger partial charge in [-0.15, -0.1) is 11.3 Å². The summed E-state index contributed by atoms with van der Waals surface area (Å²) in [6.45, 7) is 0.520. The highest BCUT2D eigenvalue weighted by atomic mass is 32.1. The first-order valence-electron chi connectivity index (χ1n) is 14.3. The van der Waals surface area contributed by atoms with E-state index in [9.17, 15) is 31.1 Å². The normalized spacial score (nSPS) is 16.0. The molecule has 1 aliphatic carbocycles. The van der Waals surface area contributed by atoms with Crippen LogP contribution in [0.25, 0.3) is 11.1 Å². The minimum Gasteiger partial charge on any atom is -0.496 e. The summed E-state index contributed by atoms with van der Waals surface area (Å²) in [6, 6.07) is 14.9. The van der Waals surface area contributed by atoms with E-state index in [4.69, 9.17) is 24.5 Å². The number of hydrogen-bond donors (Lipinski definition) is 3. The number of aromatic nitrogens is 1. The lowest BCUT2D eigenvalue weighted by Gasteiger charge is -2.37. The second-order valence-electron chi connectivity index (χ2n) is 10.6. The first-order valence-corrected chi connectivity index (χ1v) is 15.2. The molecule has 0 bridgehead atoms. The number of methoxy groups -OCH3 is 1. The number of alkyl halides is 6. The molecule has 0 atom stereocenters. The maximum Gasteiger partial charge on any atom is 0.490 e. The number of halogens is 6. The summed E-state index contributed by atoms with van der Waals surface area (Å²) in [5.74, 6) is -3.69. The summed E-state index contributed by atoms with van der Waals surface area (Å²) >= 11 is 1.51. The molecular weight excluding hydrogens is 670 g/mol. The van der Waals surface area contributed by atoms with Gasteiger partial charge in [0.1, 0.15) is 11.6 Å². The van der Waals surface area contributed by atoms with Crippen LogP contribution in [-0.2, 0) is 16.1 Å². The van der Waals surface area contributed by atoms with Gasteiger partial charge in [0.05, 0.1) is 12.0 Å². The second kappa shape index (κ2) is 17.7. The maximum atomic E-state index is 13.6. The van der Waals surface area contributed by atoms with E-state index in [1.165, 1.54) is 11.3 Å². The number of rotatable bonds is 8. The Balaban J connectivity index is 0.000000479. The first kappa shape index (κ1) is 39.8. The molecule has 1 aliphatic rings. The van der Waals surface area contributed by atoms with Crippen LogP contribution in [0.5, 0.6) is 5.75 Å². The van der Waals surface area contributed by atoms with Gasteiger partial charge in [-0.3, -0.25) is 4.79 Å². The highest BCUT2D eigenvalue weighted by Gasteiger charge is 2.39. The van der Waals surface area contributed by atoms with Crippen LogP contribution >= 0.6 is 11.3 Å². The summed E-state index contributed by atoms with van der Waals surface area (Å²) in [4.78, 5) is 40.8. The third kappa shape index (κ3) is 12.0. The average Bonchev–Trinajstić information content (AvgIpc) is 3.58. The van der Waals surface area contributed by atoms with Crippen molar-refractivity contribution in [2.24, 2.45) is 0 Å². The molecule has 17 heteroatoms. The van der Waals surface area contributed by atoms with E-state index in [1.807, 2.05) is 61.9 Å². The standard InChI is InChI=1S/C27H34N4O2S.2C2HF3O2/c1-28-22-9-11-23(12-10-22)31(27(32)25-6-5-15-34-25)18-21-16-19(7-13-24(21)33-4)20-8-14-26(29-17-20)30(2)3;2*3-2(4,5)1(6)7/h5-8,13-17,22-23,28H,9-12,18H2,1-4H3;2*(H,6,7). The van der Waals surface area contributed by atoms with Gasteiger partial charge in [-0.05, 0) is 74.0 Å². The molecule has 0 unspecified atom stereocenters. The van der Waals surface area contributed by atoms with Gasteiger partial charge in [0.25, 0.3) is 5.91 Å². The Bertz CT molecular complexity index is 1450. The lowest BCUT2D eigenvalue weighted by molar-refractivity contribution is -0.193. The molecule has 1 aromatic carbocycles. The van der Waals surface area contributed by atoms with Gasteiger partial charge in [-0.1, -0.05) is 12.1 Å². The molecule has 10 nitrogen and oxygen atoms in total. The zero-order valence-electron chi connectivity index (χ0n) is 26.4. The number of carbonyl (C=O) groups excluding carboxylic acids is 1. The number of benzene rings is 1. The Morgan fingerprint density at radius 2 is 1.50 bits per heavy atom. The topological polar surface area (TPSA) is 132 Å². The molecule has 0 saturated heterocycles. The van der Waals surface area contributed by atoms with Crippen LogP contribution in [0.4, 0.5) is 32.2 Å². The lowest BCUT2D eigenvalue weighted by Crippen LogP contribution is -2.44. The van der Waals surface area contributed by atoms with Crippen molar-refractivity contribution in [3.05, 3.63) is 64.5 Å². The number of carboxylic acid groups (broad SMARTS) is 2. The van der Waals surface area contributed by atoms with Gasteiger partial charge >= 0.3 is 24.3 Å². The zero-order chi connectivity index (χ0) is 36.2. The largest absolute Gasteiger partial charge is 0.496 e. The molecule has 0 spiro atoms. The number of pyridine rings is 1. The van der Waals surface area contributed by atoms with Crippen molar-refractivity contribution in [1.29, 1.82) is 0 Å². The van der Waals surface area contributed by atoms with Gasteiger partial charge in [0, 0.05) is 50.0 Å². The Labute approximate surface area is 276 Å². The maximum absolute atomic E-state index is 13.6. The predicted octanol–water partition coefficient (Wildman–Crippen LogP) is 6.32. The molecule has 1 saturated carbocycles. The van der Waals surface area contributed by atoms with Crippen molar-refractivity contribution in [2.45, 2.75) is 56.7 Å². The molecule has 3 aromatic rings. The smallest absolute Gasteiger partial charge is 0.490 e. The first-order chi connectivity index (χ1) is 22.4. The van der Waals surface area contributed by atoms with Crippen molar-refractivity contribution in [1.82, 2.24) is 15.2 Å². The van der Waals surface area contributed by atoms with E-state index in [0.717, 1.165) is 58.8 Å². The van der Waals surface area contributed by atoms with Gasteiger partial charge in [0.2, 0.25) is 0 Å². The van der Waals surface area contributed by atoms with E-state index in [0.29, 0.717) is 12.6 Å². The number of anilines is 1. The van der Waals surface area contributed by atoms with Crippen molar-refractivity contribution in [3.8, 4) is 16.9 Å². The molecule has 3 N–H and O–H groups in total. The Morgan fingerprint density at radius 3 is 1.92 bits per heavy atom. The molecule has 1 fully saturated rings. The van der Waals surface area contributed by atoms with E-state index in [-0.39, 0.29) is 11.9 Å². The molecule has 48 heavy (non-hydrogen) atoms. The summed E-state index contributed by atoms with van der Waals surface area (Å²) in [5.41, 5.74) is 3.12. The monoisotopic (exact) mass is 706 g/mol. The summed E-state index contributed by atoms with van der Waals surface area (Å²) in [7, 11) is 7.68. The predicted molar refractivity (Wildman–Crippen MR) is 167 cm³/mol. The number of nitrogens with zero attached hydrogens (tertiary/aromatic N) is 3. The lowest BCUT2D eigenvalue weighted by atomic mass is 9.89. The minimum absolute atomic E-state index is 0.104. The van der Waals surface area contributed by atoms with E-state index in [1.54, 1.807) is 7.11 Å². The van der Waals surface area contributed by atoms with Crippen molar-refractivity contribution in [3.63, 3.8) is 0 Å². The molecule has 0 aliphatic heterocycles. The third-order valence-electron chi connectivity index (χ3n) is 7.18. The summed E-state index contributed by atoms with van der Waals surface area (Å²) in [5, 5.41) is 19.6. The number of nitrogens with one attached hydrogen (secondary N) is 1. The van der Waals surface area contributed by atoms with Crippen LogP contribution in [-0.4, -0.2) is 90.6 Å². The number of aliphatic carboxylic acids is 2. The van der Waals surface area contributed by atoms with Gasteiger partial charge in [0.15, 0.2) is 0 Å². The van der Waals surface area contributed by atoms with Crippen LogP contribution < -0.4 is 15.0 Å². The van der Waals surface area contributed by atoms with Gasteiger partial charge < -0.3 is 30.1 Å². The van der Waals surface area contributed by atoms with Crippen LogP contribution in [0.1, 0.15) is 40.9 Å². The van der Waals surface area contributed by atoms with E-state index < -0.39 is 24.3 Å². The average molecular weight is 707 g/mol. The molecule has 0 radical (unpaired) electrons. The van der Waals surface area contributed by atoms with Crippen LogP contribution in [0, 0.1) is 0 Å². The molecule has 1 amide bonds. The van der Waals surface area contributed by atoms with Crippen LogP contribution in [0.2, 0.25) is 0 Å². The Kier molecular flexibility index (Phi) is 14.7. The quantitative estimate of drug-likeness (QED) is 0.230. The number of amides is 1. The number of carboxylic acids is 2. The van der Waals surface area contributed by atoms with Crippen molar-refractivity contribution >= 4 is 35.0 Å². The molecule has 4 rings (SSSR count). The summed E-state index contributed by atoms with van der Waals surface area (Å²) in [6.07, 6.45) is -4.11. The van der Waals surface area contributed by atoms with Gasteiger partial charge in [-0.25, -0.2) is 14.6 Å². The van der Waals surface area contributed by atoms with E-state index in [2.05, 4.69) is 33.4 Å². The number of hydrogen-bond acceptors (Lipinski definition) is 8. The van der Waals surface area contributed by atoms with Crippen LogP contribution in [0.3, 0.4) is 0 Å². The SMILES string of the molecule is CNC1CCC(N(Cc2cc(-c3ccc(N(C)C)nc3)ccc2OC)C(=O)c2cccs2)CC1.O=C(O)C(F)(F)F.O=C(O)C(F)(F)F. The highest BCUT2D eigenvalue weighted by Crippen LogP contribution is 2.32. The molecular formula is C31H36F6N4O6S. The fraction of sp³-hybridized carbons (Fsp3) is 0.419. The molecule has 2 aromatic heterocycles. The number of ether oxygens (including phenoxy) is 1. The number of carbonyl (C=O) groups is 3. The molecule has 264 valence electrons. The molecule has 2 heterocycles. The highest BCUT2D eigenvalue weighted by molar-refractivity contribution is 7.12. The number of thiophene rings is 1. The Hall–Kier alpha value is -4.38. The van der Waals surface area contributed by atoms with Gasteiger partial charge in [-0.2, -0.15) is 26.3 Å². The second-order valence-corrected chi connectivity index (χ2v) is 11.6. The fourth-order valence-electron chi connectivity index (χ4n) is 4.67. The van der Waals surface area contributed by atoms with E-state index >= 15 is 0 Å². The minimum atomic E-state index is -5.08. The summed E-state index contributed by atoms with van der Waals surface area (Å²) < 4.78 is 69.2. The van der Waals surface area contributed by atoms with Crippen molar-refractivity contribution in [2.75, 3.05) is 33.2 Å². The Morgan fingerprint density at radius 1 is 0.938 bits per heavy atom. The van der Waals surface area contributed by atoms with Crippen molar-refractivity contribution < 1.29 is 55.7 Å². The third-order valence-corrected chi connectivity index (χ3v) is 8.04. The fourth-order valence-corrected chi connectivity index (χ4v) is 5.35. The zero-order valence-corrected chi connectivity index (χ0v) is 27.2.